The number of hydrogen-bond acceptors (Lipinski definition) is 4. The summed E-state index contributed by atoms with van der Waals surface area (Å²) >= 11 is 0. The lowest BCUT2D eigenvalue weighted by Crippen LogP contribution is -2.50. The van der Waals surface area contributed by atoms with Crippen molar-refractivity contribution in [3.8, 4) is 0 Å². The molecule has 2 heterocycles. The standard InChI is InChI=1S/C17H32N2O3/c1-12(2)18-17(20)11-19-14-5-6-15(19)10-16(9-14)22-8-7-21-13(3)4/h12-16H,5-11H2,1-4H3,(H,18,20). The predicted molar refractivity (Wildman–Crippen MR) is 86.9 cm³/mol. The van der Waals surface area contributed by atoms with E-state index in [1.165, 1.54) is 12.8 Å². The first-order chi connectivity index (χ1) is 10.5. The van der Waals surface area contributed by atoms with Crippen molar-refractivity contribution in [3.63, 3.8) is 0 Å². The average Bonchev–Trinajstić information content (AvgIpc) is 2.66. The highest BCUT2D eigenvalue weighted by atomic mass is 16.5. The third kappa shape index (κ3) is 5.21. The number of hydrogen-bond donors (Lipinski definition) is 1. The number of fused-ring (bicyclic) bond motifs is 2. The van der Waals surface area contributed by atoms with Gasteiger partial charge in [-0.05, 0) is 53.4 Å². The van der Waals surface area contributed by atoms with Crippen molar-refractivity contribution >= 4 is 5.91 Å². The van der Waals surface area contributed by atoms with E-state index in [1.54, 1.807) is 0 Å². The first-order valence-electron chi connectivity index (χ1n) is 8.74. The van der Waals surface area contributed by atoms with E-state index in [0.717, 1.165) is 12.8 Å². The molecule has 0 radical (unpaired) electrons. The third-order valence-electron chi connectivity index (χ3n) is 4.50. The van der Waals surface area contributed by atoms with Gasteiger partial charge in [-0.2, -0.15) is 0 Å². The summed E-state index contributed by atoms with van der Waals surface area (Å²) in [5.41, 5.74) is 0. The highest BCUT2D eigenvalue weighted by Gasteiger charge is 2.41. The van der Waals surface area contributed by atoms with Crippen LogP contribution in [0.2, 0.25) is 0 Å². The van der Waals surface area contributed by atoms with Gasteiger partial charge in [0, 0.05) is 18.1 Å². The second-order valence-electron chi connectivity index (χ2n) is 7.16. The molecule has 5 heteroatoms. The smallest absolute Gasteiger partial charge is 0.234 e. The van der Waals surface area contributed by atoms with Gasteiger partial charge in [0.25, 0.3) is 0 Å². The fraction of sp³-hybridized carbons (Fsp3) is 0.941. The number of ether oxygens (including phenoxy) is 2. The second-order valence-corrected chi connectivity index (χ2v) is 7.16. The van der Waals surface area contributed by atoms with Crippen LogP contribution in [-0.2, 0) is 14.3 Å². The molecule has 2 rings (SSSR count). The SMILES string of the molecule is CC(C)NC(=O)CN1C2CCC1CC(OCCOC(C)C)C2. The van der Waals surface area contributed by atoms with Crippen molar-refractivity contribution in [1.82, 2.24) is 10.2 Å². The summed E-state index contributed by atoms with van der Waals surface area (Å²) in [6, 6.07) is 1.23. The number of rotatable bonds is 8. The van der Waals surface area contributed by atoms with Gasteiger partial charge in [0.05, 0.1) is 32.0 Å². The Kier molecular flexibility index (Phi) is 6.66. The maximum Gasteiger partial charge on any atom is 0.234 e. The van der Waals surface area contributed by atoms with Gasteiger partial charge in [0.15, 0.2) is 0 Å². The van der Waals surface area contributed by atoms with Crippen LogP contribution in [0.15, 0.2) is 0 Å². The highest BCUT2D eigenvalue weighted by molar-refractivity contribution is 5.78. The maximum absolute atomic E-state index is 12.0. The lowest BCUT2D eigenvalue weighted by atomic mass is 9.99. The van der Waals surface area contributed by atoms with Gasteiger partial charge in [-0.1, -0.05) is 0 Å². The van der Waals surface area contributed by atoms with Crippen molar-refractivity contribution < 1.29 is 14.3 Å². The molecule has 2 saturated heterocycles. The second kappa shape index (κ2) is 8.27. The number of amides is 1. The molecule has 0 spiro atoms. The van der Waals surface area contributed by atoms with E-state index in [1.807, 2.05) is 27.7 Å². The Balaban J connectivity index is 1.73. The summed E-state index contributed by atoms with van der Waals surface area (Å²) < 4.78 is 11.5. The van der Waals surface area contributed by atoms with Crippen LogP contribution in [0, 0.1) is 0 Å². The summed E-state index contributed by atoms with van der Waals surface area (Å²) in [6.45, 7) is 9.98. The molecule has 0 saturated carbocycles. The van der Waals surface area contributed by atoms with Crippen molar-refractivity contribution in [3.05, 3.63) is 0 Å². The van der Waals surface area contributed by atoms with Crippen LogP contribution < -0.4 is 5.32 Å². The summed E-state index contributed by atoms with van der Waals surface area (Å²) in [5.74, 6) is 0.150. The minimum atomic E-state index is 0.150. The zero-order valence-corrected chi connectivity index (χ0v) is 14.5. The average molecular weight is 312 g/mol. The van der Waals surface area contributed by atoms with E-state index in [9.17, 15) is 4.79 Å². The van der Waals surface area contributed by atoms with Crippen molar-refractivity contribution in [2.45, 2.75) is 83.7 Å². The van der Waals surface area contributed by atoms with Gasteiger partial charge in [-0.15, -0.1) is 0 Å². The zero-order chi connectivity index (χ0) is 16.1. The Hall–Kier alpha value is -0.650. The highest BCUT2D eigenvalue weighted by Crippen LogP contribution is 2.36. The minimum Gasteiger partial charge on any atom is -0.376 e. The number of carbonyl (C=O) groups excluding carboxylic acids is 1. The molecule has 1 N–H and O–H groups in total. The quantitative estimate of drug-likeness (QED) is 0.696. The van der Waals surface area contributed by atoms with Crippen LogP contribution in [-0.4, -0.2) is 60.9 Å². The van der Waals surface area contributed by atoms with E-state index in [0.29, 0.717) is 37.9 Å². The molecule has 22 heavy (non-hydrogen) atoms. The number of carbonyl (C=O) groups is 1. The van der Waals surface area contributed by atoms with Crippen LogP contribution in [0.1, 0.15) is 53.4 Å². The Morgan fingerprint density at radius 3 is 2.32 bits per heavy atom. The third-order valence-corrected chi connectivity index (χ3v) is 4.50. The van der Waals surface area contributed by atoms with Gasteiger partial charge in [0.2, 0.25) is 5.91 Å². The van der Waals surface area contributed by atoms with Crippen LogP contribution in [0.25, 0.3) is 0 Å². The van der Waals surface area contributed by atoms with E-state index < -0.39 is 0 Å². The van der Waals surface area contributed by atoms with Crippen LogP contribution in [0.5, 0.6) is 0 Å². The summed E-state index contributed by atoms with van der Waals surface area (Å²) in [6.07, 6.45) is 5.09. The summed E-state index contributed by atoms with van der Waals surface area (Å²) in [4.78, 5) is 14.4. The topological polar surface area (TPSA) is 50.8 Å². The molecule has 0 aromatic heterocycles. The molecule has 2 aliphatic heterocycles. The Morgan fingerprint density at radius 2 is 1.77 bits per heavy atom. The molecule has 0 aromatic rings. The predicted octanol–water partition coefficient (Wildman–Crippen LogP) is 1.95. The fourth-order valence-corrected chi connectivity index (χ4v) is 3.65. The van der Waals surface area contributed by atoms with Gasteiger partial charge in [-0.25, -0.2) is 0 Å². The van der Waals surface area contributed by atoms with Crippen molar-refractivity contribution in [2.24, 2.45) is 0 Å². The van der Waals surface area contributed by atoms with Crippen LogP contribution in [0.3, 0.4) is 0 Å². The number of nitrogens with zero attached hydrogens (tertiary/aromatic N) is 1. The summed E-state index contributed by atoms with van der Waals surface area (Å²) in [5, 5.41) is 2.99. The molecule has 2 aliphatic rings. The van der Waals surface area contributed by atoms with Crippen molar-refractivity contribution in [2.75, 3.05) is 19.8 Å². The first kappa shape index (κ1) is 17.7. The molecule has 2 bridgehead atoms. The molecule has 2 atom stereocenters. The largest absolute Gasteiger partial charge is 0.376 e. The van der Waals surface area contributed by atoms with E-state index in [4.69, 9.17) is 9.47 Å². The number of nitrogens with one attached hydrogen (secondary N) is 1. The van der Waals surface area contributed by atoms with Gasteiger partial charge >= 0.3 is 0 Å². The normalized spacial score (nSPS) is 28.5. The molecule has 0 aliphatic carbocycles. The molecule has 0 aromatic carbocycles. The molecular weight excluding hydrogens is 280 g/mol. The minimum absolute atomic E-state index is 0.150. The van der Waals surface area contributed by atoms with Crippen molar-refractivity contribution in [1.29, 1.82) is 0 Å². The monoisotopic (exact) mass is 312 g/mol. The Morgan fingerprint density at radius 1 is 1.14 bits per heavy atom. The molecule has 1 amide bonds. The lowest BCUT2D eigenvalue weighted by Gasteiger charge is -2.38. The molecule has 5 nitrogen and oxygen atoms in total. The molecule has 128 valence electrons. The first-order valence-corrected chi connectivity index (χ1v) is 8.74. The maximum atomic E-state index is 12.0. The van der Waals surface area contributed by atoms with Gasteiger partial charge in [-0.3, -0.25) is 9.69 Å². The van der Waals surface area contributed by atoms with Crippen LogP contribution >= 0.6 is 0 Å². The lowest BCUT2D eigenvalue weighted by molar-refractivity contribution is -0.125. The molecule has 2 unspecified atom stereocenters. The Bertz CT molecular complexity index is 346. The van der Waals surface area contributed by atoms with Gasteiger partial charge < -0.3 is 14.8 Å². The van der Waals surface area contributed by atoms with E-state index in [-0.39, 0.29) is 18.1 Å². The van der Waals surface area contributed by atoms with Crippen LogP contribution in [0.4, 0.5) is 0 Å². The van der Waals surface area contributed by atoms with E-state index >= 15 is 0 Å². The number of piperidine rings is 1. The Labute approximate surface area is 134 Å². The zero-order valence-electron chi connectivity index (χ0n) is 14.5. The van der Waals surface area contributed by atoms with Gasteiger partial charge in [0.1, 0.15) is 0 Å². The summed E-state index contributed by atoms with van der Waals surface area (Å²) in [7, 11) is 0. The fourth-order valence-electron chi connectivity index (χ4n) is 3.65. The van der Waals surface area contributed by atoms with E-state index in [2.05, 4.69) is 10.2 Å². The molecular formula is C17H32N2O3. The molecule has 2 fully saturated rings.